The third kappa shape index (κ3) is 2.71. The highest BCUT2D eigenvalue weighted by Crippen LogP contribution is 2.40. The van der Waals surface area contributed by atoms with Crippen molar-refractivity contribution in [3.05, 3.63) is 52.5 Å². The molecular weight excluding hydrogens is 284 g/mol. The van der Waals surface area contributed by atoms with Crippen molar-refractivity contribution in [2.45, 2.75) is 6.61 Å². The van der Waals surface area contributed by atoms with Crippen LogP contribution >= 0.6 is 15.9 Å². The van der Waals surface area contributed by atoms with Gasteiger partial charge in [0.25, 0.3) is 0 Å². The van der Waals surface area contributed by atoms with Gasteiger partial charge in [0, 0.05) is 0 Å². The van der Waals surface area contributed by atoms with Gasteiger partial charge >= 0.3 is 0 Å². The standard InChI is InChI=1S/C13H11BrO3/c14-10-6-7-11(13(16)12(10)15)17-8-9-4-2-1-3-5-9/h1-7,15-16H,8H2. The van der Waals surface area contributed by atoms with Crippen LogP contribution in [0.5, 0.6) is 17.2 Å². The Balaban J connectivity index is 2.13. The van der Waals surface area contributed by atoms with Gasteiger partial charge in [-0.05, 0) is 33.6 Å². The first-order valence-corrected chi connectivity index (χ1v) is 5.85. The van der Waals surface area contributed by atoms with E-state index in [0.29, 0.717) is 11.1 Å². The maximum absolute atomic E-state index is 9.65. The molecule has 0 radical (unpaired) electrons. The van der Waals surface area contributed by atoms with Gasteiger partial charge in [0.2, 0.25) is 5.75 Å². The molecule has 4 heteroatoms. The zero-order valence-corrected chi connectivity index (χ0v) is 10.5. The van der Waals surface area contributed by atoms with Crippen molar-refractivity contribution in [3.63, 3.8) is 0 Å². The Hall–Kier alpha value is -1.68. The van der Waals surface area contributed by atoms with Crippen LogP contribution in [0.2, 0.25) is 0 Å². The second kappa shape index (κ2) is 5.10. The van der Waals surface area contributed by atoms with Gasteiger partial charge in [-0.1, -0.05) is 30.3 Å². The summed E-state index contributed by atoms with van der Waals surface area (Å²) in [6.07, 6.45) is 0. The quantitative estimate of drug-likeness (QED) is 0.853. The molecule has 3 nitrogen and oxygen atoms in total. The second-order valence-electron chi connectivity index (χ2n) is 3.52. The molecule has 0 aliphatic heterocycles. The molecule has 0 bridgehead atoms. The summed E-state index contributed by atoms with van der Waals surface area (Å²) in [5, 5.41) is 19.2. The lowest BCUT2D eigenvalue weighted by molar-refractivity contribution is 0.282. The van der Waals surface area contributed by atoms with Crippen LogP contribution in [0.4, 0.5) is 0 Å². The molecule has 2 aromatic rings. The van der Waals surface area contributed by atoms with Crippen molar-refractivity contribution in [3.8, 4) is 17.2 Å². The number of hydrogen-bond acceptors (Lipinski definition) is 3. The van der Waals surface area contributed by atoms with Gasteiger partial charge in [0.05, 0.1) is 4.47 Å². The Morgan fingerprint density at radius 1 is 0.941 bits per heavy atom. The number of phenols is 2. The predicted octanol–water partition coefficient (Wildman–Crippen LogP) is 3.44. The third-order valence-electron chi connectivity index (χ3n) is 2.30. The van der Waals surface area contributed by atoms with E-state index in [2.05, 4.69) is 15.9 Å². The Morgan fingerprint density at radius 2 is 1.65 bits per heavy atom. The molecule has 0 fully saturated rings. The first-order chi connectivity index (χ1) is 8.18. The zero-order chi connectivity index (χ0) is 12.3. The molecule has 0 unspecified atom stereocenters. The maximum atomic E-state index is 9.65. The van der Waals surface area contributed by atoms with Crippen molar-refractivity contribution < 1.29 is 14.9 Å². The number of phenolic OH excluding ortho intramolecular Hbond substituents is 2. The van der Waals surface area contributed by atoms with Crippen LogP contribution in [0.15, 0.2) is 46.9 Å². The summed E-state index contributed by atoms with van der Waals surface area (Å²) >= 11 is 3.11. The second-order valence-corrected chi connectivity index (χ2v) is 4.37. The first kappa shape index (κ1) is 11.8. The Labute approximate surface area is 107 Å². The average Bonchev–Trinajstić information content (AvgIpc) is 2.36. The van der Waals surface area contributed by atoms with Gasteiger partial charge in [0.15, 0.2) is 11.5 Å². The molecule has 88 valence electrons. The molecule has 0 aliphatic rings. The monoisotopic (exact) mass is 294 g/mol. The Bertz CT molecular complexity index is 512. The van der Waals surface area contributed by atoms with Crippen LogP contribution in [0, 0.1) is 0 Å². The summed E-state index contributed by atoms with van der Waals surface area (Å²) in [7, 11) is 0. The molecule has 2 N–H and O–H groups in total. The van der Waals surface area contributed by atoms with E-state index in [1.54, 1.807) is 12.1 Å². The largest absolute Gasteiger partial charge is 0.503 e. The molecule has 2 rings (SSSR count). The van der Waals surface area contributed by atoms with E-state index in [-0.39, 0.29) is 17.2 Å². The summed E-state index contributed by atoms with van der Waals surface area (Å²) < 4.78 is 5.86. The first-order valence-electron chi connectivity index (χ1n) is 5.05. The summed E-state index contributed by atoms with van der Waals surface area (Å²) in [6.45, 7) is 0.343. The normalized spacial score (nSPS) is 10.2. The summed E-state index contributed by atoms with van der Waals surface area (Å²) in [4.78, 5) is 0. The third-order valence-corrected chi connectivity index (χ3v) is 2.94. The average molecular weight is 295 g/mol. The van der Waals surface area contributed by atoms with Crippen LogP contribution in [0.25, 0.3) is 0 Å². The topological polar surface area (TPSA) is 49.7 Å². The van der Waals surface area contributed by atoms with Crippen molar-refractivity contribution in [2.75, 3.05) is 0 Å². The molecule has 0 spiro atoms. The van der Waals surface area contributed by atoms with E-state index < -0.39 is 0 Å². The lowest BCUT2D eigenvalue weighted by Gasteiger charge is -2.09. The minimum atomic E-state index is -0.254. The molecule has 17 heavy (non-hydrogen) atoms. The molecule has 2 aromatic carbocycles. The van der Waals surface area contributed by atoms with Crippen molar-refractivity contribution in [1.82, 2.24) is 0 Å². The number of hydrogen-bond donors (Lipinski definition) is 2. The highest BCUT2D eigenvalue weighted by molar-refractivity contribution is 9.10. The van der Waals surface area contributed by atoms with Crippen LogP contribution < -0.4 is 4.74 Å². The molecule has 0 atom stereocenters. The molecular formula is C13H11BrO3. The number of aromatic hydroxyl groups is 2. The van der Waals surface area contributed by atoms with Gasteiger partial charge < -0.3 is 14.9 Å². The van der Waals surface area contributed by atoms with E-state index in [1.807, 2.05) is 30.3 Å². The Morgan fingerprint density at radius 3 is 2.35 bits per heavy atom. The number of benzene rings is 2. The molecule has 0 aliphatic carbocycles. The van der Waals surface area contributed by atoms with Gasteiger partial charge in [-0.3, -0.25) is 0 Å². The number of rotatable bonds is 3. The fourth-order valence-electron chi connectivity index (χ4n) is 1.39. The maximum Gasteiger partial charge on any atom is 0.201 e. The van der Waals surface area contributed by atoms with E-state index in [1.165, 1.54) is 0 Å². The van der Waals surface area contributed by atoms with Crippen LogP contribution in [0.3, 0.4) is 0 Å². The predicted molar refractivity (Wildman–Crippen MR) is 68.2 cm³/mol. The molecule has 0 amide bonds. The lowest BCUT2D eigenvalue weighted by atomic mass is 10.2. The van der Waals surface area contributed by atoms with E-state index in [4.69, 9.17) is 4.74 Å². The van der Waals surface area contributed by atoms with Crippen molar-refractivity contribution in [2.24, 2.45) is 0 Å². The summed E-state index contributed by atoms with van der Waals surface area (Å²) in [5.74, 6) is -0.208. The smallest absolute Gasteiger partial charge is 0.201 e. The summed E-state index contributed by atoms with van der Waals surface area (Å²) in [5.41, 5.74) is 0.995. The molecule has 0 aromatic heterocycles. The highest BCUT2D eigenvalue weighted by atomic mass is 79.9. The number of halogens is 1. The fourth-order valence-corrected chi connectivity index (χ4v) is 1.71. The SMILES string of the molecule is Oc1c(Br)ccc(OCc2ccccc2)c1O. The van der Waals surface area contributed by atoms with Crippen LogP contribution in [0.1, 0.15) is 5.56 Å². The molecule has 0 saturated carbocycles. The minimum Gasteiger partial charge on any atom is -0.503 e. The van der Waals surface area contributed by atoms with E-state index in [9.17, 15) is 10.2 Å². The Kier molecular flexibility index (Phi) is 3.54. The van der Waals surface area contributed by atoms with Crippen LogP contribution in [-0.4, -0.2) is 10.2 Å². The molecule has 0 saturated heterocycles. The molecule has 0 heterocycles. The lowest BCUT2D eigenvalue weighted by Crippen LogP contribution is -1.95. The van der Waals surface area contributed by atoms with Crippen molar-refractivity contribution in [1.29, 1.82) is 0 Å². The highest BCUT2D eigenvalue weighted by Gasteiger charge is 2.10. The van der Waals surface area contributed by atoms with Gasteiger partial charge in [-0.25, -0.2) is 0 Å². The van der Waals surface area contributed by atoms with E-state index >= 15 is 0 Å². The fraction of sp³-hybridized carbons (Fsp3) is 0.0769. The van der Waals surface area contributed by atoms with Gasteiger partial charge in [0.1, 0.15) is 6.61 Å². The van der Waals surface area contributed by atoms with E-state index in [0.717, 1.165) is 5.56 Å². The number of ether oxygens (including phenoxy) is 1. The summed E-state index contributed by atoms with van der Waals surface area (Å²) in [6, 6.07) is 12.8. The van der Waals surface area contributed by atoms with Gasteiger partial charge in [-0.15, -0.1) is 0 Å². The van der Waals surface area contributed by atoms with Gasteiger partial charge in [-0.2, -0.15) is 0 Å². The van der Waals surface area contributed by atoms with Crippen LogP contribution in [-0.2, 0) is 6.61 Å². The van der Waals surface area contributed by atoms with Crippen molar-refractivity contribution >= 4 is 15.9 Å². The minimum absolute atomic E-state index is 0.212. The zero-order valence-electron chi connectivity index (χ0n) is 8.93.